The highest BCUT2D eigenvalue weighted by atomic mass is 16.4. The van der Waals surface area contributed by atoms with E-state index in [4.69, 9.17) is 10.9 Å². The minimum Gasteiger partial charge on any atom is -0.506 e. The summed E-state index contributed by atoms with van der Waals surface area (Å²) in [5.74, 6) is -0.465. The molecule has 2 rings (SSSR count). The molecule has 8 nitrogen and oxygen atoms in total. The number of hydrogen-bond acceptors (Lipinski definition) is 6. The molecule has 0 unspecified atom stereocenters. The van der Waals surface area contributed by atoms with E-state index < -0.39 is 12.5 Å². The van der Waals surface area contributed by atoms with Crippen molar-refractivity contribution >= 4 is 11.7 Å². The van der Waals surface area contributed by atoms with Crippen LogP contribution in [-0.2, 0) is 6.61 Å². The van der Waals surface area contributed by atoms with Gasteiger partial charge in [-0.2, -0.15) is 0 Å². The molecule has 8 heteroatoms. The predicted molar refractivity (Wildman–Crippen MR) is 101 cm³/mol. The van der Waals surface area contributed by atoms with Gasteiger partial charge in [0.05, 0.1) is 17.9 Å². The van der Waals surface area contributed by atoms with Gasteiger partial charge in [-0.3, -0.25) is 9.78 Å². The third-order valence-corrected chi connectivity index (χ3v) is 4.20. The number of amides is 1. The summed E-state index contributed by atoms with van der Waals surface area (Å²) in [6, 6.07) is 0. The smallest absolute Gasteiger partial charge is 0.253 e. The predicted octanol–water partition coefficient (Wildman–Crippen LogP) is 1.66. The first kappa shape index (κ1) is 20.2. The fraction of sp³-hybridized carbons (Fsp3) is 0.316. The second-order valence-corrected chi connectivity index (χ2v) is 6.37. The third-order valence-electron chi connectivity index (χ3n) is 4.20. The lowest BCUT2D eigenvalue weighted by Gasteiger charge is -2.12. The number of aliphatic hydroxyl groups is 1. The number of nitrogens with two attached hydrogens (primary N) is 1. The molecule has 0 atom stereocenters. The van der Waals surface area contributed by atoms with Crippen LogP contribution in [0.25, 0.3) is 0 Å². The first-order valence-electron chi connectivity index (χ1n) is 8.45. The number of allylic oxidation sites excluding steroid dienone is 4. The number of aromatic hydroxyl groups is 1. The van der Waals surface area contributed by atoms with Crippen LogP contribution in [0, 0.1) is 6.92 Å². The van der Waals surface area contributed by atoms with Crippen LogP contribution < -0.4 is 11.1 Å². The maximum absolute atomic E-state index is 12.5. The summed E-state index contributed by atoms with van der Waals surface area (Å²) in [6.07, 6.45) is 8.16. The van der Waals surface area contributed by atoms with Crippen LogP contribution in [0.15, 0.2) is 46.3 Å². The van der Waals surface area contributed by atoms with Crippen LogP contribution in [0.1, 0.15) is 41.4 Å². The number of aliphatic hydroxyl groups excluding tert-OH is 1. The number of aromatic nitrogens is 1. The van der Waals surface area contributed by atoms with Gasteiger partial charge in [-0.05, 0) is 31.4 Å². The average Bonchev–Trinajstić information content (AvgIpc) is 2.82. The summed E-state index contributed by atoms with van der Waals surface area (Å²) in [4.78, 5) is 16.4. The Bertz CT molecular complexity index is 854. The first-order valence-corrected chi connectivity index (χ1v) is 8.45. The Morgan fingerprint density at radius 2 is 2.11 bits per heavy atom. The van der Waals surface area contributed by atoms with Crippen LogP contribution in [0.2, 0.25) is 0 Å². The summed E-state index contributed by atoms with van der Waals surface area (Å²) in [7, 11) is 0. The molecule has 0 saturated heterocycles. The highest BCUT2D eigenvalue weighted by Gasteiger charge is 2.17. The van der Waals surface area contributed by atoms with E-state index >= 15 is 0 Å². The number of pyridine rings is 1. The molecule has 0 bridgehead atoms. The molecule has 1 aliphatic rings. The van der Waals surface area contributed by atoms with Gasteiger partial charge < -0.3 is 26.5 Å². The van der Waals surface area contributed by atoms with Crippen molar-refractivity contribution in [2.45, 2.75) is 33.3 Å². The van der Waals surface area contributed by atoms with E-state index in [2.05, 4.69) is 15.5 Å². The summed E-state index contributed by atoms with van der Waals surface area (Å²) in [5.41, 5.74) is 9.10. The van der Waals surface area contributed by atoms with Gasteiger partial charge in [-0.15, -0.1) is 0 Å². The molecule has 0 aliphatic heterocycles. The number of nitrogens with zero attached hydrogens (tertiary/aromatic N) is 2. The monoisotopic (exact) mass is 372 g/mol. The summed E-state index contributed by atoms with van der Waals surface area (Å²) >= 11 is 0. The Kier molecular flexibility index (Phi) is 6.73. The average molecular weight is 372 g/mol. The Balaban J connectivity index is 2.08. The number of hydrogen-bond donors (Lipinski definition) is 5. The maximum atomic E-state index is 12.5. The molecule has 1 aromatic heterocycles. The molecule has 0 aromatic carbocycles. The number of rotatable bonds is 6. The van der Waals surface area contributed by atoms with E-state index in [1.807, 2.05) is 25.2 Å². The molecule has 1 aliphatic carbocycles. The second-order valence-electron chi connectivity index (χ2n) is 6.37. The van der Waals surface area contributed by atoms with Crippen LogP contribution in [-0.4, -0.2) is 38.7 Å². The molecule has 1 heterocycles. The van der Waals surface area contributed by atoms with E-state index in [9.17, 15) is 15.0 Å². The van der Waals surface area contributed by atoms with Gasteiger partial charge in [0.15, 0.2) is 0 Å². The number of amidine groups is 1. The summed E-state index contributed by atoms with van der Waals surface area (Å²) in [6.45, 7) is 3.37. The van der Waals surface area contributed by atoms with Gasteiger partial charge in [0, 0.05) is 24.7 Å². The lowest BCUT2D eigenvalue weighted by atomic mass is 10.1. The minimum atomic E-state index is -0.456. The Morgan fingerprint density at radius 3 is 2.78 bits per heavy atom. The topological polar surface area (TPSA) is 141 Å². The molecule has 27 heavy (non-hydrogen) atoms. The zero-order valence-corrected chi connectivity index (χ0v) is 15.4. The number of nitrogens with one attached hydrogen (secondary N) is 1. The highest BCUT2D eigenvalue weighted by molar-refractivity contribution is 5.96. The van der Waals surface area contributed by atoms with Crippen molar-refractivity contribution < 1.29 is 20.2 Å². The molecule has 0 radical (unpaired) electrons. The van der Waals surface area contributed by atoms with Crippen molar-refractivity contribution in [2.75, 3.05) is 6.54 Å². The normalized spacial score (nSPS) is 14.8. The quantitative estimate of drug-likeness (QED) is 0.223. The Hall–Kier alpha value is -3.13. The van der Waals surface area contributed by atoms with Gasteiger partial charge in [-0.1, -0.05) is 29.0 Å². The highest BCUT2D eigenvalue weighted by Crippen LogP contribution is 2.24. The van der Waals surface area contributed by atoms with E-state index in [-0.39, 0.29) is 22.7 Å². The van der Waals surface area contributed by atoms with Crippen molar-refractivity contribution in [1.82, 2.24) is 10.3 Å². The van der Waals surface area contributed by atoms with Crippen LogP contribution in [0.5, 0.6) is 5.75 Å². The molecule has 0 saturated carbocycles. The van der Waals surface area contributed by atoms with Crippen LogP contribution in [0.4, 0.5) is 0 Å². The molecule has 6 N–H and O–H groups in total. The van der Waals surface area contributed by atoms with Crippen molar-refractivity contribution in [3.63, 3.8) is 0 Å². The lowest BCUT2D eigenvalue weighted by Crippen LogP contribution is -2.27. The van der Waals surface area contributed by atoms with E-state index in [1.165, 1.54) is 6.20 Å². The number of carbonyl (C=O) groups excluding carboxylic acids is 1. The zero-order chi connectivity index (χ0) is 20.0. The molecule has 0 fully saturated rings. The Labute approximate surface area is 157 Å². The molecule has 1 amide bonds. The fourth-order valence-corrected chi connectivity index (χ4v) is 2.82. The van der Waals surface area contributed by atoms with Crippen molar-refractivity contribution in [3.8, 4) is 5.75 Å². The lowest BCUT2D eigenvalue weighted by molar-refractivity contribution is 0.0952. The van der Waals surface area contributed by atoms with Gasteiger partial charge >= 0.3 is 0 Å². The van der Waals surface area contributed by atoms with Gasteiger partial charge in [0.1, 0.15) is 11.6 Å². The van der Waals surface area contributed by atoms with Gasteiger partial charge in [0.2, 0.25) is 0 Å². The number of carbonyl (C=O) groups is 1. The molecular weight excluding hydrogens is 348 g/mol. The summed E-state index contributed by atoms with van der Waals surface area (Å²) < 4.78 is 0. The second kappa shape index (κ2) is 9.00. The van der Waals surface area contributed by atoms with Crippen molar-refractivity contribution in [2.24, 2.45) is 10.9 Å². The largest absolute Gasteiger partial charge is 0.506 e. The van der Waals surface area contributed by atoms with E-state index in [1.54, 1.807) is 6.92 Å². The van der Waals surface area contributed by atoms with Crippen molar-refractivity contribution in [1.29, 1.82) is 0 Å². The van der Waals surface area contributed by atoms with Crippen molar-refractivity contribution in [3.05, 3.63) is 58.0 Å². The molecular formula is C19H24N4O4. The molecule has 144 valence electrons. The first-order chi connectivity index (χ1) is 12.8. The number of aryl methyl sites for hydroxylation is 1. The molecule has 0 spiro atoms. The van der Waals surface area contributed by atoms with E-state index in [0.29, 0.717) is 25.1 Å². The zero-order valence-electron chi connectivity index (χ0n) is 15.4. The molecule has 1 aromatic rings. The third kappa shape index (κ3) is 5.18. The SMILES string of the molecule is CC1=CC(C/C(N)=N/O)=CCC(CNC(=O)c2cnc(C)c(O)c2CO)=C1. The van der Waals surface area contributed by atoms with Gasteiger partial charge in [0.25, 0.3) is 5.91 Å². The minimum absolute atomic E-state index is 0.130. The number of oxime groups is 1. The standard InChI is InChI=1S/C19H24N4O4/c1-11-5-13(7-17(20)23-27)3-4-14(6-11)8-22-19(26)15-9-21-12(2)18(25)16(15)10-24/h3,5-6,9,24-25,27H,4,7-8,10H2,1-2H3,(H2,20,23)(H,22,26). The van der Waals surface area contributed by atoms with Crippen LogP contribution >= 0.6 is 0 Å². The van der Waals surface area contributed by atoms with Gasteiger partial charge in [-0.25, -0.2) is 0 Å². The van der Waals surface area contributed by atoms with Crippen LogP contribution in [0.3, 0.4) is 0 Å². The summed E-state index contributed by atoms with van der Waals surface area (Å²) in [5, 5.41) is 33.9. The fourth-order valence-electron chi connectivity index (χ4n) is 2.82. The maximum Gasteiger partial charge on any atom is 0.253 e. The Morgan fingerprint density at radius 1 is 1.37 bits per heavy atom. The van der Waals surface area contributed by atoms with E-state index in [0.717, 1.165) is 16.7 Å².